The Kier molecular flexibility index (Phi) is 3.89. The van der Waals surface area contributed by atoms with Crippen molar-refractivity contribution in [3.05, 3.63) is 65.5 Å². The standard InChI is InChI=1S/C17H16FN3O/c1-22-15-7-4-12-9-13(17(21-19)20-16(12)10-15)8-11-2-5-14(18)6-3-11/h2-7,9-10H,8,19H2,1H3,(H,20,21). The number of rotatable bonds is 4. The Balaban J connectivity index is 2.02. The van der Waals surface area contributed by atoms with Gasteiger partial charge in [-0.3, -0.25) is 0 Å². The third-order valence-electron chi connectivity index (χ3n) is 3.55. The lowest BCUT2D eigenvalue weighted by Gasteiger charge is -2.11. The Morgan fingerprint density at radius 2 is 1.91 bits per heavy atom. The number of hydrogen-bond donors (Lipinski definition) is 2. The van der Waals surface area contributed by atoms with Crippen LogP contribution < -0.4 is 16.0 Å². The van der Waals surface area contributed by atoms with E-state index in [9.17, 15) is 4.39 Å². The predicted octanol–water partition coefficient (Wildman–Crippen LogP) is 3.26. The largest absolute Gasteiger partial charge is 0.497 e. The maximum atomic E-state index is 13.0. The van der Waals surface area contributed by atoms with Gasteiger partial charge in [0.1, 0.15) is 17.4 Å². The number of pyridine rings is 1. The maximum Gasteiger partial charge on any atom is 0.144 e. The molecule has 0 saturated heterocycles. The molecule has 0 atom stereocenters. The van der Waals surface area contributed by atoms with E-state index in [1.807, 2.05) is 24.3 Å². The number of hydrogen-bond acceptors (Lipinski definition) is 4. The summed E-state index contributed by atoms with van der Waals surface area (Å²) in [5.41, 5.74) is 5.38. The van der Waals surface area contributed by atoms with E-state index in [0.717, 1.165) is 27.8 Å². The summed E-state index contributed by atoms with van der Waals surface area (Å²) in [7, 11) is 1.62. The molecule has 22 heavy (non-hydrogen) atoms. The average Bonchev–Trinajstić information content (AvgIpc) is 2.55. The van der Waals surface area contributed by atoms with Crippen molar-refractivity contribution in [3.63, 3.8) is 0 Å². The highest BCUT2D eigenvalue weighted by molar-refractivity contribution is 5.83. The van der Waals surface area contributed by atoms with Crippen molar-refractivity contribution in [2.24, 2.45) is 5.84 Å². The SMILES string of the molecule is COc1ccc2cc(Cc3ccc(F)cc3)c(NN)nc2c1. The lowest BCUT2D eigenvalue weighted by Crippen LogP contribution is -2.11. The highest BCUT2D eigenvalue weighted by Crippen LogP contribution is 2.25. The fourth-order valence-electron chi connectivity index (χ4n) is 2.40. The van der Waals surface area contributed by atoms with Crippen molar-refractivity contribution in [2.75, 3.05) is 12.5 Å². The van der Waals surface area contributed by atoms with Crippen LogP contribution in [0.2, 0.25) is 0 Å². The molecule has 0 unspecified atom stereocenters. The van der Waals surface area contributed by atoms with Gasteiger partial charge in [-0.2, -0.15) is 0 Å². The second-order valence-corrected chi connectivity index (χ2v) is 5.00. The number of methoxy groups -OCH3 is 1. The third kappa shape index (κ3) is 2.84. The van der Waals surface area contributed by atoms with E-state index >= 15 is 0 Å². The monoisotopic (exact) mass is 297 g/mol. The van der Waals surface area contributed by atoms with Gasteiger partial charge in [-0.25, -0.2) is 15.2 Å². The Morgan fingerprint density at radius 1 is 1.14 bits per heavy atom. The average molecular weight is 297 g/mol. The Morgan fingerprint density at radius 3 is 2.59 bits per heavy atom. The summed E-state index contributed by atoms with van der Waals surface area (Å²) in [6.45, 7) is 0. The van der Waals surface area contributed by atoms with Gasteiger partial charge in [0.15, 0.2) is 0 Å². The smallest absolute Gasteiger partial charge is 0.144 e. The van der Waals surface area contributed by atoms with Crippen molar-refractivity contribution in [2.45, 2.75) is 6.42 Å². The van der Waals surface area contributed by atoms with Crippen molar-refractivity contribution >= 4 is 16.7 Å². The Labute approximate surface area is 127 Å². The van der Waals surface area contributed by atoms with Crippen LogP contribution in [-0.4, -0.2) is 12.1 Å². The number of nitrogens with two attached hydrogens (primary N) is 1. The first kappa shape index (κ1) is 14.3. The number of fused-ring (bicyclic) bond motifs is 1. The molecule has 0 bridgehead atoms. The number of ether oxygens (including phenoxy) is 1. The van der Waals surface area contributed by atoms with Crippen LogP contribution in [0, 0.1) is 5.82 Å². The second kappa shape index (κ2) is 5.99. The molecule has 0 spiro atoms. The van der Waals surface area contributed by atoms with Gasteiger partial charge in [-0.1, -0.05) is 12.1 Å². The van der Waals surface area contributed by atoms with Crippen LogP contribution in [0.5, 0.6) is 5.75 Å². The van der Waals surface area contributed by atoms with Gasteiger partial charge < -0.3 is 10.2 Å². The number of halogens is 1. The van der Waals surface area contributed by atoms with E-state index in [-0.39, 0.29) is 5.82 Å². The van der Waals surface area contributed by atoms with Crippen LogP contribution >= 0.6 is 0 Å². The van der Waals surface area contributed by atoms with E-state index in [0.29, 0.717) is 12.2 Å². The summed E-state index contributed by atoms with van der Waals surface area (Å²) in [5.74, 6) is 6.69. The summed E-state index contributed by atoms with van der Waals surface area (Å²) in [4.78, 5) is 4.53. The quantitative estimate of drug-likeness (QED) is 0.573. The van der Waals surface area contributed by atoms with Gasteiger partial charge in [0.05, 0.1) is 12.6 Å². The van der Waals surface area contributed by atoms with E-state index < -0.39 is 0 Å². The molecule has 1 aromatic heterocycles. The van der Waals surface area contributed by atoms with Crippen molar-refractivity contribution < 1.29 is 9.13 Å². The van der Waals surface area contributed by atoms with Gasteiger partial charge in [-0.15, -0.1) is 0 Å². The number of nitrogen functional groups attached to an aromatic ring is 1. The van der Waals surface area contributed by atoms with E-state index in [1.54, 1.807) is 19.2 Å². The van der Waals surface area contributed by atoms with Gasteiger partial charge in [0.2, 0.25) is 0 Å². The number of aromatic nitrogens is 1. The third-order valence-corrected chi connectivity index (χ3v) is 3.55. The fourth-order valence-corrected chi connectivity index (χ4v) is 2.40. The molecular formula is C17H16FN3O. The molecule has 112 valence electrons. The number of benzene rings is 2. The first-order valence-corrected chi connectivity index (χ1v) is 6.88. The van der Waals surface area contributed by atoms with Gasteiger partial charge >= 0.3 is 0 Å². The van der Waals surface area contributed by atoms with Crippen LogP contribution in [0.4, 0.5) is 10.2 Å². The summed E-state index contributed by atoms with van der Waals surface area (Å²) in [6, 6.07) is 14.1. The topological polar surface area (TPSA) is 60.2 Å². The highest BCUT2D eigenvalue weighted by Gasteiger charge is 2.08. The number of hydrazine groups is 1. The first-order valence-electron chi connectivity index (χ1n) is 6.88. The highest BCUT2D eigenvalue weighted by atomic mass is 19.1. The van der Waals surface area contributed by atoms with Crippen LogP contribution in [0.15, 0.2) is 48.5 Å². The van der Waals surface area contributed by atoms with E-state index in [1.165, 1.54) is 12.1 Å². The molecule has 3 rings (SSSR count). The molecule has 1 heterocycles. The Hall–Kier alpha value is -2.66. The lowest BCUT2D eigenvalue weighted by atomic mass is 10.0. The fraction of sp³-hybridized carbons (Fsp3) is 0.118. The maximum absolute atomic E-state index is 13.0. The first-order chi connectivity index (χ1) is 10.7. The minimum atomic E-state index is -0.246. The molecule has 5 heteroatoms. The Bertz CT molecular complexity index is 803. The number of anilines is 1. The van der Waals surface area contributed by atoms with Crippen LogP contribution in [0.1, 0.15) is 11.1 Å². The van der Waals surface area contributed by atoms with Crippen LogP contribution in [0.3, 0.4) is 0 Å². The summed E-state index contributed by atoms with van der Waals surface area (Å²) in [6.07, 6.45) is 0.620. The summed E-state index contributed by atoms with van der Waals surface area (Å²) in [5, 5.41) is 0.997. The minimum Gasteiger partial charge on any atom is -0.497 e. The molecule has 0 radical (unpaired) electrons. The number of nitrogens with one attached hydrogen (secondary N) is 1. The zero-order valence-corrected chi connectivity index (χ0v) is 12.1. The molecule has 3 N–H and O–H groups in total. The second-order valence-electron chi connectivity index (χ2n) is 5.00. The zero-order chi connectivity index (χ0) is 15.5. The van der Waals surface area contributed by atoms with Crippen molar-refractivity contribution in [1.29, 1.82) is 0 Å². The van der Waals surface area contributed by atoms with Gasteiger partial charge in [0, 0.05) is 23.4 Å². The molecule has 4 nitrogen and oxygen atoms in total. The molecule has 0 fully saturated rings. The van der Waals surface area contributed by atoms with Crippen LogP contribution in [-0.2, 0) is 6.42 Å². The molecule has 2 aromatic carbocycles. The molecule has 0 aliphatic rings. The van der Waals surface area contributed by atoms with Gasteiger partial charge in [0.25, 0.3) is 0 Å². The van der Waals surface area contributed by atoms with Gasteiger partial charge in [-0.05, 0) is 35.9 Å². The molecular weight excluding hydrogens is 281 g/mol. The van der Waals surface area contributed by atoms with E-state index in [4.69, 9.17) is 10.6 Å². The number of nitrogens with zero attached hydrogens (tertiary/aromatic N) is 1. The van der Waals surface area contributed by atoms with E-state index in [2.05, 4.69) is 10.4 Å². The molecule has 3 aromatic rings. The zero-order valence-electron chi connectivity index (χ0n) is 12.1. The summed E-state index contributed by atoms with van der Waals surface area (Å²) >= 11 is 0. The lowest BCUT2D eigenvalue weighted by molar-refractivity contribution is 0.415. The van der Waals surface area contributed by atoms with Crippen LogP contribution in [0.25, 0.3) is 10.9 Å². The molecule has 0 aliphatic heterocycles. The van der Waals surface area contributed by atoms with Crippen molar-refractivity contribution in [1.82, 2.24) is 4.98 Å². The molecule has 0 aliphatic carbocycles. The molecule has 0 amide bonds. The summed E-state index contributed by atoms with van der Waals surface area (Å²) < 4.78 is 18.2. The molecule has 0 saturated carbocycles. The minimum absolute atomic E-state index is 0.246. The normalized spacial score (nSPS) is 10.7. The van der Waals surface area contributed by atoms with Crippen molar-refractivity contribution in [3.8, 4) is 5.75 Å². The predicted molar refractivity (Wildman–Crippen MR) is 85.3 cm³/mol.